The number of fused-ring (bicyclic) bond motifs is 2. The quantitative estimate of drug-likeness (QED) is 0.727. The minimum absolute atomic E-state index is 0.155. The Balaban J connectivity index is 1.59. The van der Waals surface area contributed by atoms with Crippen molar-refractivity contribution in [3.63, 3.8) is 0 Å². The average molecular weight is 376 g/mol. The lowest BCUT2D eigenvalue weighted by atomic mass is 9.95. The zero-order valence-corrected chi connectivity index (χ0v) is 16.1. The molecule has 0 radical (unpaired) electrons. The van der Waals surface area contributed by atoms with Crippen molar-refractivity contribution >= 4 is 16.8 Å². The summed E-state index contributed by atoms with van der Waals surface area (Å²) in [5.74, 6) is 1.51. The number of ether oxygens (including phenoxy) is 2. The number of aromatic nitrogens is 1. The van der Waals surface area contributed by atoms with Crippen LogP contribution in [0.25, 0.3) is 10.9 Å². The number of pyridine rings is 1. The molecule has 2 heterocycles. The third kappa shape index (κ3) is 3.79. The van der Waals surface area contributed by atoms with Gasteiger partial charge in [0.15, 0.2) is 11.5 Å². The van der Waals surface area contributed by atoms with E-state index in [9.17, 15) is 4.79 Å². The highest BCUT2D eigenvalue weighted by Gasteiger charge is 2.22. The number of nitrogens with one attached hydrogen (secondary N) is 1. The number of amides is 1. The van der Waals surface area contributed by atoms with Crippen LogP contribution in [0.4, 0.5) is 0 Å². The molecule has 3 aromatic rings. The molecule has 28 heavy (non-hydrogen) atoms. The summed E-state index contributed by atoms with van der Waals surface area (Å²) in [5.41, 5.74) is 2.22. The van der Waals surface area contributed by atoms with Crippen molar-refractivity contribution in [2.75, 3.05) is 13.2 Å². The highest BCUT2D eigenvalue weighted by molar-refractivity contribution is 5.95. The molecular weight excluding hydrogens is 352 g/mol. The van der Waals surface area contributed by atoms with Crippen molar-refractivity contribution in [2.45, 2.75) is 26.3 Å². The number of carbonyl (C=O) groups excluding carboxylic acids is 1. The molecule has 0 spiro atoms. The molecule has 0 saturated carbocycles. The first-order valence-electron chi connectivity index (χ1n) is 9.68. The second kappa shape index (κ2) is 7.89. The van der Waals surface area contributed by atoms with Gasteiger partial charge in [0.2, 0.25) is 0 Å². The van der Waals surface area contributed by atoms with Crippen molar-refractivity contribution in [1.82, 2.24) is 10.3 Å². The van der Waals surface area contributed by atoms with Gasteiger partial charge in [-0.1, -0.05) is 44.2 Å². The Morgan fingerprint density at radius 1 is 1.00 bits per heavy atom. The van der Waals surface area contributed by atoms with Gasteiger partial charge in [-0.25, -0.2) is 4.98 Å². The maximum Gasteiger partial charge on any atom is 0.270 e. The lowest BCUT2D eigenvalue weighted by Crippen LogP contribution is -2.32. The molecule has 0 aliphatic carbocycles. The molecule has 4 rings (SSSR count). The van der Waals surface area contributed by atoms with Gasteiger partial charge in [-0.3, -0.25) is 4.79 Å². The Hall–Kier alpha value is -3.08. The van der Waals surface area contributed by atoms with Gasteiger partial charge < -0.3 is 14.8 Å². The van der Waals surface area contributed by atoms with Crippen molar-refractivity contribution < 1.29 is 14.3 Å². The molecule has 1 atom stereocenters. The molecule has 5 heteroatoms. The standard InChI is InChI=1S/C23H24N2O3/c1-15(2)22(17-9-11-20-21(14-17)28-13-5-12-27-20)25-23(26)19-10-8-16-6-3-4-7-18(16)24-19/h3-4,6-11,14-15,22H,5,12-13H2,1-2H3,(H,25,26)/t22-/m1/s1. The smallest absolute Gasteiger partial charge is 0.270 e. The van der Waals surface area contributed by atoms with Gasteiger partial charge in [0.1, 0.15) is 5.69 Å². The third-order valence-corrected chi connectivity index (χ3v) is 4.92. The fourth-order valence-electron chi connectivity index (χ4n) is 3.42. The molecule has 144 valence electrons. The van der Waals surface area contributed by atoms with Crippen LogP contribution in [0.3, 0.4) is 0 Å². The number of carbonyl (C=O) groups is 1. The number of nitrogens with zero attached hydrogens (tertiary/aromatic N) is 1. The summed E-state index contributed by atoms with van der Waals surface area (Å²) in [6.07, 6.45) is 0.863. The van der Waals surface area contributed by atoms with Crippen LogP contribution in [0.1, 0.15) is 42.4 Å². The summed E-state index contributed by atoms with van der Waals surface area (Å²) in [5, 5.41) is 4.15. The number of benzene rings is 2. The zero-order valence-electron chi connectivity index (χ0n) is 16.1. The Labute approximate surface area is 164 Å². The molecule has 0 bridgehead atoms. The molecule has 5 nitrogen and oxygen atoms in total. The summed E-state index contributed by atoms with van der Waals surface area (Å²) in [6.45, 7) is 5.46. The van der Waals surface area contributed by atoms with Gasteiger partial charge in [-0.15, -0.1) is 0 Å². The van der Waals surface area contributed by atoms with Gasteiger partial charge in [-0.05, 0) is 35.7 Å². The maximum atomic E-state index is 12.9. The predicted molar refractivity (Wildman–Crippen MR) is 109 cm³/mol. The number of hydrogen-bond acceptors (Lipinski definition) is 4. The van der Waals surface area contributed by atoms with Crippen LogP contribution in [-0.4, -0.2) is 24.1 Å². The van der Waals surface area contributed by atoms with Gasteiger partial charge in [0, 0.05) is 11.8 Å². The van der Waals surface area contributed by atoms with Crippen LogP contribution < -0.4 is 14.8 Å². The maximum absolute atomic E-state index is 12.9. The Morgan fingerprint density at radius 3 is 2.61 bits per heavy atom. The van der Waals surface area contributed by atoms with Crippen LogP contribution in [0.15, 0.2) is 54.6 Å². The SMILES string of the molecule is CC(C)[C@@H](NC(=O)c1ccc2ccccc2n1)c1ccc2c(c1)OCCCO2. The van der Waals surface area contributed by atoms with Crippen LogP contribution in [0.2, 0.25) is 0 Å². The minimum Gasteiger partial charge on any atom is -0.490 e. The third-order valence-electron chi connectivity index (χ3n) is 4.92. The first-order chi connectivity index (χ1) is 13.6. The molecule has 0 fully saturated rings. The fourth-order valence-corrected chi connectivity index (χ4v) is 3.42. The second-order valence-corrected chi connectivity index (χ2v) is 7.34. The predicted octanol–water partition coefficient (Wildman–Crippen LogP) is 4.52. The monoisotopic (exact) mass is 376 g/mol. The van der Waals surface area contributed by atoms with Gasteiger partial charge in [0.05, 0.1) is 24.8 Å². The van der Waals surface area contributed by atoms with Crippen molar-refractivity contribution in [1.29, 1.82) is 0 Å². The molecular formula is C23H24N2O3. The Kier molecular flexibility index (Phi) is 5.15. The van der Waals surface area contributed by atoms with E-state index in [4.69, 9.17) is 9.47 Å². The molecule has 1 amide bonds. The van der Waals surface area contributed by atoms with Crippen LogP contribution in [0.5, 0.6) is 11.5 Å². The van der Waals surface area contributed by atoms with Crippen LogP contribution >= 0.6 is 0 Å². The molecule has 1 aromatic heterocycles. The summed E-state index contributed by atoms with van der Waals surface area (Å²) < 4.78 is 11.5. The van der Waals surface area contributed by atoms with E-state index in [1.54, 1.807) is 6.07 Å². The second-order valence-electron chi connectivity index (χ2n) is 7.34. The molecule has 0 unspecified atom stereocenters. The fraction of sp³-hybridized carbons (Fsp3) is 0.304. The lowest BCUT2D eigenvalue weighted by molar-refractivity contribution is 0.0920. The summed E-state index contributed by atoms with van der Waals surface area (Å²) in [6, 6.07) is 17.2. The Morgan fingerprint density at radius 2 is 1.79 bits per heavy atom. The zero-order chi connectivity index (χ0) is 19.5. The number of para-hydroxylation sites is 1. The van der Waals surface area contributed by atoms with Crippen LogP contribution in [0, 0.1) is 5.92 Å². The molecule has 2 aromatic carbocycles. The van der Waals surface area contributed by atoms with Gasteiger partial charge in [-0.2, -0.15) is 0 Å². The highest BCUT2D eigenvalue weighted by Crippen LogP contribution is 2.34. The topological polar surface area (TPSA) is 60.5 Å². The Bertz CT molecular complexity index is 1000. The molecule has 1 N–H and O–H groups in total. The normalized spacial score (nSPS) is 14.5. The van der Waals surface area contributed by atoms with Crippen LogP contribution in [-0.2, 0) is 0 Å². The van der Waals surface area contributed by atoms with E-state index in [0.29, 0.717) is 18.9 Å². The van der Waals surface area contributed by atoms with Crippen molar-refractivity contribution in [3.8, 4) is 11.5 Å². The number of rotatable bonds is 4. The van der Waals surface area contributed by atoms with E-state index in [1.807, 2.05) is 48.5 Å². The number of hydrogen-bond donors (Lipinski definition) is 1. The summed E-state index contributed by atoms with van der Waals surface area (Å²) in [4.78, 5) is 17.4. The van der Waals surface area contributed by atoms with E-state index in [1.165, 1.54) is 0 Å². The van der Waals surface area contributed by atoms with E-state index in [-0.39, 0.29) is 17.9 Å². The van der Waals surface area contributed by atoms with E-state index in [2.05, 4.69) is 24.1 Å². The molecule has 0 saturated heterocycles. The highest BCUT2D eigenvalue weighted by atomic mass is 16.5. The first-order valence-corrected chi connectivity index (χ1v) is 9.68. The van der Waals surface area contributed by atoms with Gasteiger partial charge in [0.25, 0.3) is 5.91 Å². The van der Waals surface area contributed by atoms with Crippen molar-refractivity contribution in [2.24, 2.45) is 5.92 Å². The van der Waals surface area contributed by atoms with E-state index in [0.717, 1.165) is 34.4 Å². The lowest BCUT2D eigenvalue weighted by Gasteiger charge is -2.23. The minimum atomic E-state index is -0.184. The first kappa shape index (κ1) is 18.3. The largest absolute Gasteiger partial charge is 0.490 e. The molecule has 1 aliphatic heterocycles. The average Bonchev–Trinajstić information content (AvgIpc) is 2.96. The van der Waals surface area contributed by atoms with Gasteiger partial charge >= 0.3 is 0 Å². The molecule has 1 aliphatic rings. The van der Waals surface area contributed by atoms with E-state index >= 15 is 0 Å². The van der Waals surface area contributed by atoms with E-state index < -0.39 is 0 Å². The summed E-state index contributed by atoms with van der Waals surface area (Å²) >= 11 is 0. The summed E-state index contributed by atoms with van der Waals surface area (Å²) in [7, 11) is 0. The van der Waals surface area contributed by atoms with Crippen molar-refractivity contribution in [3.05, 3.63) is 65.9 Å².